The highest BCUT2D eigenvalue weighted by atomic mass is 35.5. The molecule has 1 atom stereocenters. The fraction of sp³-hybridized carbons (Fsp3) is 0.167. The number of Topliss-reactive ketones (excluding diaryl/α,β-unsaturated/α-hetero) is 1. The number of rotatable bonds is 4. The van der Waals surface area contributed by atoms with Gasteiger partial charge in [-0.3, -0.25) is 14.4 Å². The Kier molecular flexibility index (Phi) is 4.79. The first-order valence-corrected chi connectivity index (χ1v) is 8.32. The van der Waals surface area contributed by atoms with Gasteiger partial charge in [0.15, 0.2) is 5.78 Å². The maximum Gasteiger partial charge on any atom is 0.256 e. The molecule has 1 N–H and O–H groups in total. The molecular formula is C18H14Cl2N2O3. The predicted molar refractivity (Wildman–Crippen MR) is 97.4 cm³/mol. The van der Waals surface area contributed by atoms with E-state index in [1.54, 1.807) is 30.3 Å². The zero-order valence-electron chi connectivity index (χ0n) is 13.3. The third-order valence-corrected chi connectivity index (χ3v) is 4.66. The lowest BCUT2D eigenvalue weighted by Crippen LogP contribution is -2.34. The number of carbonyl (C=O) groups excluding carboxylic acids is 3. The number of hydrogen-bond donors (Lipinski definition) is 1. The van der Waals surface area contributed by atoms with Crippen LogP contribution in [0.1, 0.15) is 23.7 Å². The van der Waals surface area contributed by atoms with Crippen molar-refractivity contribution in [1.82, 2.24) is 0 Å². The van der Waals surface area contributed by atoms with Crippen LogP contribution in [0, 0.1) is 0 Å². The van der Waals surface area contributed by atoms with Gasteiger partial charge in [-0.1, -0.05) is 35.3 Å². The molecule has 1 aliphatic rings. The summed E-state index contributed by atoms with van der Waals surface area (Å²) in [4.78, 5) is 37.5. The van der Waals surface area contributed by atoms with E-state index in [1.807, 2.05) is 0 Å². The second kappa shape index (κ2) is 6.86. The molecule has 0 bridgehead atoms. The molecule has 0 aliphatic carbocycles. The van der Waals surface area contributed by atoms with Crippen LogP contribution in [0.15, 0.2) is 42.5 Å². The molecule has 5 nitrogen and oxygen atoms in total. The summed E-state index contributed by atoms with van der Waals surface area (Å²) in [7, 11) is 0. The molecule has 1 fully saturated rings. The third-order valence-electron chi connectivity index (χ3n) is 3.92. The van der Waals surface area contributed by atoms with Crippen molar-refractivity contribution in [2.24, 2.45) is 0 Å². The Balaban J connectivity index is 1.82. The van der Waals surface area contributed by atoms with Gasteiger partial charge >= 0.3 is 0 Å². The quantitative estimate of drug-likeness (QED) is 0.648. The first-order valence-electron chi connectivity index (χ1n) is 7.56. The molecule has 0 spiro atoms. The maximum atomic E-state index is 12.6. The number of anilines is 2. The molecule has 2 aromatic rings. The van der Waals surface area contributed by atoms with Crippen LogP contribution < -0.4 is 10.2 Å². The third kappa shape index (κ3) is 3.52. The fourth-order valence-corrected chi connectivity index (χ4v) is 2.96. The van der Waals surface area contributed by atoms with Gasteiger partial charge < -0.3 is 5.32 Å². The summed E-state index contributed by atoms with van der Waals surface area (Å²) in [5.41, 5.74) is 1.52. The smallest absolute Gasteiger partial charge is 0.256 e. The highest BCUT2D eigenvalue weighted by Gasteiger charge is 2.39. The van der Waals surface area contributed by atoms with E-state index in [2.05, 4.69) is 5.32 Å². The molecule has 2 aromatic carbocycles. The molecule has 0 saturated carbocycles. The summed E-state index contributed by atoms with van der Waals surface area (Å²) >= 11 is 11.8. The number of nitrogens with one attached hydrogen (secondary N) is 1. The van der Waals surface area contributed by atoms with E-state index >= 15 is 0 Å². The van der Waals surface area contributed by atoms with E-state index in [4.69, 9.17) is 23.2 Å². The topological polar surface area (TPSA) is 66.5 Å². The van der Waals surface area contributed by atoms with Gasteiger partial charge in [0.05, 0.1) is 22.2 Å². The monoisotopic (exact) mass is 376 g/mol. The molecule has 0 unspecified atom stereocenters. The van der Waals surface area contributed by atoms with E-state index in [-0.39, 0.29) is 29.0 Å². The Bertz CT molecular complexity index is 882. The summed E-state index contributed by atoms with van der Waals surface area (Å²) in [5, 5.41) is 3.64. The zero-order valence-corrected chi connectivity index (χ0v) is 14.8. The normalized spacial score (nSPS) is 17.1. The van der Waals surface area contributed by atoms with Crippen LogP contribution in [0.25, 0.3) is 0 Å². The van der Waals surface area contributed by atoms with Crippen molar-refractivity contribution >= 4 is 52.2 Å². The number of nitrogens with zero attached hydrogens (tertiary/aromatic N) is 1. The summed E-state index contributed by atoms with van der Waals surface area (Å²) in [6.45, 7) is 1.47. The lowest BCUT2D eigenvalue weighted by Gasteiger charge is -2.17. The molecule has 7 heteroatoms. The number of amides is 2. The molecule has 0 radical (unpaired) electrons. The number of halogens is 2. The first kappa shape index (κ1) is 17.5. The minimum atomic E-state index is -0.704. The van der Waals surface area contributed by atoms with Gasteiger partial charge in [0.2, 0.25) is 5.91 Å². The Labute approximate surface area is 154 Å². The zero-order chi connectivity index (χ0) is 18.1. The number of benzene rings is 2. The van der Waals surface area contributed by atoms with E-state index < -0.39 is 6.04 Å². The van der Waals surface area contributed by atoms with Gasteiger partial charge in [0.1, 0.15) is 6.04 Å². The van der Waals surface area contributed by atoms with Crippen molar-refractivity contribution in [1.29, 1.82) is 0 Å². The standard InChI is InChI=1S/C18H14Cl2N2O3/c1-10(23)11-3-2-4-12(7-11)21-16-9-17(24)22(18(16)25)13-5-6-14(19)15(20)8-13/h2-8,16,21H,9H2,1H3/t16-/m0/s1. The molecule has 1 heterocycles. The number of imide groups is 1. The molecule has 1 aliphatic heterocycles. The summed E-state index contributed by atoms with van der Waals surface area (Å²) in [6, 6.07) is 10.7. The predicted octanol–water partition coefficient (Wildman–Crippen LogP) is 3.94. The summed E-state index contributed by atoms with van der Waals surface area (Å²) in [5.74, 6) is -0.782. The van der Waals surface area contributed by atoms with Gasteiger partial charge in [-0.05, 0) is 37.3 Å². The van der Waals surface area contributed by atoms with Crippen LogP contribution >= 0.6 is 23.2 Å². The van der Waals surface area contributed by atoms with Crippen LogP contribution in [0.4, 0.5) is 11.4 Å². The maximum absolute atomic E-state index is 12.6. The van der Waals surface area contributed by atoms with Crippen molar-refractivity contribution in [3.63, 3.8) is 0 Å². The van der Waals surface area contributed by atoms with Crippen molar-refractivity contribution in [3.8, 4) is 0 Å². The lowest BCUT2D eigenvalue weighted by atomic mass is 10.1. The van der Waals surface area contributed by atoms with Crippen LogP contribution in [-0.2, 0) is 9.59 Å². The highest BCUT2D eigenvalue weighted by molar-refractivity contribution is 6.42. The van der Waals surface area contributed by atoms with Crippen LogP contribution in [0.3, 0.4) is 0 Å². The Morgan fingerprint density at radius 3 is 2.56 bits per heavy atom. The molecule has 3 rings (SSSR count). The minimum Gasteiger partial charge on any atom is -0.373 e. The van der Waals surface area contributed by atoms with E-state index in [1.165, 1.54) is 19.1 Å². The van der Waals surface area contributed by atoms with Gasteiger partial charge in [0.25, 0.3) is 5.91 Å². The summed E-state index contributed by atoms with van der Waals surface area (Å²) in [6.07, 6.45) is 0.0172. The highest BCUT2D eigenvalue weighted by Crippen LogP contribution is 2.31. The summed E-state index contributed by atoms with van der Waals surface area (Å²) < 4.78 is 0. The second-order valence-electron chi connectivity index (χ2n) is 5.70. The molecule has 0 aromatic heterocycles. The van der Waals surface area contributed by atoms with Crippen LogP contribution in [-0.4, -0.2) is 23.6 Å². The Morgan fingerprint density at radius 1 is 1.12 bits per heavy atom. The number of ketones is 1. The Morgan fingerprint density at radius 2 is 1.88 bits per heavy atom. The largest absolute Gasteiger partial charge is 0.373 e. The second-order valence-corrected chi connectivity index (χ2v) is 6.52. The lowest BCUT2D eigenvalue weighted by molar-refractivity contribution is -0.121. The van der Waals surface area contributed by atoms with Crippen molar-refractivity contribution in [3.05, 3.63) is 58.1 Å². The van der Waals surface area contributed by atoms with Gasteiger partial charge in [0, 0.05) is 11.3 Å². The molecular weight excluding hydrogens is 363 g/mol. The first-order chi connectivity index (χ1) is 11.9. The van der Waals surface area contributed by atoms with E-state index in [9.17, 15) is 14.4 Å². The van der Waals surface area contributed by atoms with Gasteiger partial charge in [-0.25, -0.2) is 4.90 Å². The molecule has 25 heavy (non-hydrogen) atoms. The van der Waals surface area contributed by atoms with E-state index in [0.717, 1.165) is 4.90 Å². The van der Waals surface area contributed by atoms with Crippen molar-refractivity contribution in [2.45, 2.75) is 19.4 Å². The molecule has 1 saturated heterocycles. The molecule has 128 valence electrons. The SMILES string of the molecule is CC(=O)c1cccc(N[C@H]2CC(=O)N(c3ccc(Cl)c(Cl)c3)C2=O)c1. The van der Waals surface area contributed by atoms with Gasteiger partial charge in [-0.15, -0.1) is 0 Å². The van der Waals surface area contributed by atoms with Crippen molar-refractivity contribution < 1.29 is 14.4 Å². The average Bonchev–Trinajstić information content (AvgIpc) is 2.84. The van der Waals surface area contributed by atoms with E-state index in [0.29, 0.717) is 22.0 Å². The Hall–Kier alpha value is -2.37. The van der Waals surface area contributed by atoms with Gasteiger partial charge in [-0.2, -0.15) is 0 Å². The number of carbonyl (C=O) groups is 3. The van der Waals surface area contributed by atoms with Crippen molar-refractivity contribution in [2.75, 3.05) is 10.2 Å². The van der Waals surface area contributed by atoms with Crippen LogP contribution in [0.2, 0.25) is 10.0 Å². The van der Waals surface area contributed by atoms with Crippen LogP contribution in [0.5, 0.6) is 0 Å². The minimum absolute atomic E-state index is 0.0172. The molecule has 2 amide bonds. The average molecular weight is 377 g/mol. The number of hydrogen-bond acceptors (Lipinski definition) is 4. The fourth-order valence-electron chi connectivity index (χ4n) is 2.67.